The van der Waals surface area contributed by atoms with Gasteiger partial charge in [-0.1, -0.05) is 24.9 Å². The topological polar surface area (TPSA) is 88.3 Å². The SMILES string of the molecule is CCC(=O)N1CCC[C@H](C(=O)NCCc2noc(C3CCCC3)n2)C1. The Hall–Kier alpha value is -1.92. The molecule has 2 fully saturated rings. The number of aromatic nitrogens is 2. The Bertz CT molecular complexity index is 595. The fourth-order valence-electron chi connectivity index (χ4n) is 3.79. The molecule has 7 heteroatoms. The second-order valence-corrected chi connectivity index (χ2v) is 7.10. The van der Waals surface area contributed by atoms with Crippen LogP contribution < -0.4 is 5.32 Å². The maximum absolute atomic E-state index is 12.3. The van der Waals surface area contributed by atoms with E-state index in [1.54, 1.807) is 4.90 Å². The van der Waals surface area contributed by atoms with Crippen molar-refractivity contribution in [2.45, 2.75) is 64.2 Å². The number of hydrogen-bond acceptors (Lipinski definition) is 5. The first-order valence-electron chi connectivity index (χ1n) is 9.55. The van der Waals surface area contributed by atoms with Crippen LogP contribution in [0.4, 0.5) is 0 Å². The first-order valence-corrected chi connectivity index (χ1v) is 9.55. The molecule has 25 heavy (non-hydrogen) atoms. The molecule has 1 aromatic heterocycles. The Morgan fingerprint density at radius 1 is 1.24 bits per heavy atom. The number of nitrogens with zero attached hydrogens (tertiary/aromatic N) is 3. The van der Waals surface area contributed by atoms with Crippen LogP contribution in [-0.4, -0.2) is 46.5 Å². The largest absolute Gasteiger partial charge is 0.355 e. The Morgan fingerprint density at radius 3 is 2.80 bits per heavy atom. The van der Waals surface area contributed by atoms with E-state index in [-0.39, 0.29) is 17.7 Å². The molecule has 1 N–H and O–H groups in total. The zero-order chi connectivity index (χ0) is 17.6. The van der Waals surface area contributed by atoms with E-state index in [9.17, 15) is 9.59 Å². The van der Waals surface area contributed by atoms with Crippen molar-refractivity contribution in [3.8, 4) is 0 Å². The lowest BCUT2D eigenvalue weighted by Gasteiger charge is -2.31. The number of hydrogen-bond donors (Lipinski definition) is 1. The number of rotatable bonds is 6. The van der Waals surface area contributed by atoms with Crippen LogP contribution >= 0.6 is 0 Å². The van der Waals surface area contributed by atoms with Crippen LogP contribution in [-0.2, 0) is 16.0 Å². The molecule has 2 heterocycles. The zero-order valence-corrected chi connectivity index (χ0v) is 15.0. The molecule has 2 aliphatic rings. The highest BCUT2D eigenvalue weighted by Gasteiger charge is 2.27. The van der Waals surface area contributed by atoms with Crippen LogP contribution in [0, 0.1) is 5.92 Å². The van der Waals surface area contributed by atoms with Crippen molar-refractivity contribution in [2.75, 3.05) is 19.6 Å². The van der Waals surface area contributed by atoms with Gasteiger partial charge < -0.3 is 14.7 Å². The van der Waals surface area contributed by atoms with Crippen molar-refractivity contribution in [2.24, 2.45) is 5.92 Å². The Labute approximate surface area is 148 Å². The molecule has 1 aliphatic heterocycles. The van der Waals surface area contributed by atoms with Crippen LogP contribution in [0.25, 0.3) is 0 Å². The number of piperidine rings is 1. The highest BCUT2D eigenvalue weighted by atomic mass is 16.5. The van der Waals surface area contributed by atoms with Crippen LogP contribution in [0.3, 0.4) is 0 Å². The third-order valence-corrected chi connectivity index (χ3v) is 5.28. The molecule has 7 nitrogen and oxygen atoms in total. The van der Waals surface area contributed by atoms with Gasteiger partial charge in [0.05, 0.1) is 5.92 Å². The van der Waals surface area contributed by atoms with Crippen LogP contribution in [0.5, 0.6) is 0 Å². The second-order valence-electron chi connectivity index (χ2n) is 7.10. The molecule has 0 radical (unpaired) electrons. The first kappa shape index (κ1) is 17.9. The molecule has 1 saturated heterocycles. The second kappa shape index (κ2) is 8.45. The summed E-state index contributed by atoms with van der Waals surface area (Å²) in [6.45, 7) is 3.66. The highest BCUT2D eigenvalue weighted by Crippen LogP contribution is 2.32. The van der Waals surface area contributed by atoms with Gasteiger partial charge in [0.1, 0.15) is 0 Å². The minimum Gasteiger partial charge on any atom is -0.355 e. The Morgan fingerprint density at radius 2 is 2.04 bits per heavy atom. The molecular formula is C18H28N4O3. The highest BCUT2D eigenvalue weighted by molar-refractivity contribution is 5.81. The lowest BCUT2D eigenvalue weighted by atomic mass is 9.97. The van der Waals surface area contributed by atoms with Gasteiger partial charge in [-0.3, -0.25) is 9.59 Å². The third-order valence-electron chi connectivity index (χ3n) is 5.28. The summed E-state index contributed by atoms with van der Waals surface area (Å²) in [4.78, 5) is 30.4. The van der Waals surface area contributed by atoms with Crippen LogP contribution in [0.2, 0.25) is 0 Å². The summed E-state index contributed by atoms with van der Waals surface area (Å²) >= 11 is 0. The van der Waals surface area contributed by atoms with Crippen molar-refractivity contribution in [3.63, 3.8) is 0 Å². The van der Waals surface area contributed by atoms with E-state index >= 15 is 0 Å². The molecule has 3 rings (SSSR count). The van der Waals surface area contributed by atoms with Gasteiger partial charge in [-0.25, -0.2) is 0 Å². The maximum atomic E-state index is 12.3. The molecule has 2 amide bonds. The quantitative estimate of drug-likeness (QED) is 0.850. The van der Waals surface area contributed by atoms with Crippen LogP contribution in [0.15, 0.2) is 4.52 Å². The average molecular weight is 348 g/mol. The fraction of sp³-hybridized carbons (Fsp3) is 0.778. The van der Waals surface area contributed by atoms with Gasteiger partial charge in [0.2, 0.25) is 17.7 Å². The number of likely N-dealkylation sites (tertiary alicyclic amines) is 1. The van der Waals surface area contributed by atoms with E-state index in [0.29, 0.717) is 37.7 Å². The van der Waals surface area contributed by atoms with E-state index in [4.69, 9.17) is 4.52 Å². The molecule has 0 unspecified atom stereocenters. The van der Waals surface area contributed by atoms with Gasteiger partial charge in [0.15, 0.2) is 5.82 Å². The van der Waals surface area contributed by atoms with Crippen molar-refractivity contribution in [3.05, 3.63) is 11.7 Å². The average Bonchev–Trinajstić information content (AvgIpc) is 3.32. The summed E-state index contributed by atoms with van der Waals surface area (Å²) in [5, 5.41) is 6.98. The summed E-state index contributed by atoms with van der Waals surface area (Å²) < 4.78 is 5.36. The first-order chi connectivity index (χ1) is 12.2. The number of carbonyl (C=O) groups is 2. The van der Waals surface area contributed by atoms with E-state index in [0.717, 1.165) is 38.1 Å². The molecule has 0 aromatic carbocycles. The molecule has 1 aliphatic carbocycles. The maximum Gasteiger partial charge on any atom is 0.229 e. The standard InChI is InChI=1S/C18H28N4O3/c1-2-16(23)22-11-5-8-14(12-22)17(24)19-10-9-15-20-18(25-21-15)13-6-3-4-7-13/h13-14H,2-12H2,1H3,(H,19,24)/t14-/m0/s1. The minimum atomic E-state index is -0.108. The van der Waals surface area contributed by atoms with E-state index in [1.165, 1.54) is 12.8 Å². The monoisotopic (exact) mass is 348 g/mol. The van der Waals surface area contributed by atoms with Crippen molar-refractivity contribution in [1.82, 2.24) is 20.4 Å². The predicted octanol–water partition coefficient (Wildman–Crippen LogP) is 2.03. The molecular weight excluding hydrogens is 320 g/mol. The van der Waals surface area contributed by atoms with Gasteiger partial charge in [-0.15, -0.1) is 0 Å². The van der Waals surface area contributed by atoms with Gasteiger partial charge in [0.25, 0.3) is 0 Å². The van der Waals surface area contributed by atoms with Crippen molar-refractivity contribution in [1.29, 1.82) is 0 Å². The summed E-state index contributed by atoms with van der Waals surface area (Å²) in [6.07, 6.45) is 7.53. The molecule has 1 aromatic rings. The smallest absolute Gasteiger partial charge is 0.229 e. The predicted molar refractivity (Wildman–Crippen MR) is 91.8 cm³/mol. The lowest BCUT2D eigenvalue weighted by Crippen LogP contribution is -2.45. The van der Waals surface area contributed by atoms with Gasteiger partial charge in [-0.05, 0) is 25.7 Å². The summed E-state index contributed by atoms with van der Waals surface area (Å²) in [7, 11) is 0. The zero-order valence-electron chi connectivity index (χ0n) is 15.0. The van der Waals surface area contributed by atoms with E-state index < -0.39 is 0 Å². The summed E-state index contributed by atoms with van der Waals surface area (Å²) in [5.41, 5.74) is 0. The Kier molecular flexibility index (Phi) is 6.04. The third kappa shape index (κ3) is 4.58. The van der Waals surface area contributed by atoms with E-state index in [2.05, 4.69) is 15.5 Å². The molecule has 0 bridgehead atoms. The molecule has 1 saturated carbocycles. The molecule has 138 valence electrons. The molecule has 1 atom stereocenters. The summed E-state index contributed by atoms with van der Waals surface area (Å²) in [5.74, 6) is 1.87. The van der Waals surface area contributed by atoms with E-state index in [1.807, 2.05) is 6.92 Å². The molecule has 0 spiro atoms. The van der Waals surface area contributed by atoms with Gasteiger partial charge in [-0.2, -0.15) is 4.98 Å². The van der Waals surface area contributed by atoms with Crippen LogP contribution in [0.1, 0.15) is 69.5 Å². The normalized spacial score (nSPS) is 21.5. The minimum absolute atomic E-state index is 0.0214. The van der Waals surface area contributed by atoms with Crippen molar-refractivity contribution >= 4 is 11.8 Å². The number of carbonyl (C=O) groups excluding carboxylic acids is 2. The lowest BCUT2D eigenvalue weighted by molar-refractivity contribution is -0.135. The van der Waals surface area contributed by atoms with Gasteiger partial charge in [0, 0.05) is 38.4 Å². The summed E-state index contributed by atoms with van der Waals surface area (Å²) in [6, 6.07) is 0. The number of amides is 2. The number of nitrogens with one attached hydrogen (secondary N) is 1. The van der Waals surface area contributed by atoms with Gasteiger partial charge >= 0.3 is 0 Å². The van der Waals surface area contributed by atoms with Crippen molar-refractivity contribution < 1.29 is 14.1 Å². The fourth-order valence-corrected chi connectivity index (χ4v) is 3.79. The Balaban J connectivity index is 1.42.